The van der Waals surface area contributed by atoms with E-state index >= 15 is 0 Å². The molecule has 5 nitrogen and oxygen atoms in total. The average Bonchev–Trinajstić information content (AvgIpc) is 2.38. The van der Waals surface area contributed by atoms with Gasteiger partial charge in [0.05, 0.1) is 0 Å². The Balaban J connectivity index is 2.54. The highest BCUT2D eigenvalue weighted by molar-refractivity contribution is 5.84. The maximum atomic E-state index is 11.5. The van der Waals surface area contributed by atoms with Crippen LogP contribution in [0, 0.1) is 0 Å². The van der Waals surface area contributed by atoms with Gasteiger partial charge in [0, 0.05) is 0 Å². The van der Waals surface area contributed by atoms with Gasteiger partial charge in [-0.15, -0.1) is 6.58 Å². The lowest BCUT2D eigenvalue weighted by molar-refractivity contribution is -0.141. The van der Waals surface area contributed by atoms with E-state index in [4.69, 9.17) is 9.84 Å². The maximum absolute atomic E-state index is 11.5. The Hall–Kier alpha value is -2.30. The van der Waals surface area contributed by atoms with Crippen LogP contribution < -0.4 is 10.1 Å². The molecule has 0 saturated heterocycles. The fraction of sp³-hybridized carbons (Fsp3) is 0.286. The van der Waals surface area contributed by atoms with Crippen molar-refractivity contribution in [2.24, 2.45) is 0 Å². The number of hydrogen-bond donors (Lipinski definition) is 2. The second-order valence-corrected chi connectivity index (χ2v) is 4.02. The minimum Gasteiger partial charge on any atom is -0.483 e. The Morgan fingerprint density at radius 1 is 1.47 bits per heavy atom. The van der Waals surface area contributed by atoms with E-state index < -0.39 is 17.9 Å². The van der Waals surface area contributed by atoms with Gasteiger partial charge in [0.25, 0.3) is 5.91 Å². The number of aliphatic carboxylic acids is 1. The van der Waals surface area contributed by atoms with Gasteiger partial charge in [0.1, 0.15) is 11.8 Å². The van der Waals surface area contributed by atoms with Crippen molar-refractivity contribution < 1.29 is 19.4 Å². The lowest BCUT2D eigenvalue weighted by Gasteiger charge is -2.12. The predicted octanol–water partition coefficient (Wildman–Crippen LogP) is 1.38. The van der Waals surface area contributed by atoms with Crippen LogP contribution in [0.15, 0.2) is 36.9 Å². The van der Waals surface area contributed by atoms with Gasteiger partial charge in [-0.05, 0) is 25.0 Å². The molecule has 0 aliphatic rings. The van der Waals surface area contributed by atoms with Crippen molar-refractivity contribution in [2.45, 2.75) is 19.4 Å². The monoisotopic (exact) mass is 263 g/mol. The molecule has 1 amide bonds. The quantitative estimate of drug-likeness (QED) is 0.729. The highest BCUT2D eigenvalue weighted by atomic mass is 16.5. The summed E-state index contributed by atoms with van der Waals surface area (Å²) in [7, 11) is 0. The zero-order valence-corrected chi connectivity index (χ0v) is 10.8. The lowest BCUT2D eigenvalue weighted by atomic mass is 10.1. The van der Waals surface area contributed by atoms with Crippen LogP contribution in [0.25, 0.3) is 0 Å². The molecule has 102 valence electrons. The van der Waals surface area contributed by atoms with Gasteiger partial charge in [0.2, 0.25) is 0 Å². The number of carboxylic acid groups (broad SMARTS) is 1. The van der Waals surface area contributed by atoms with E-state index in [1.165, 1.54) is 6.92 Å². The van der Waals surface area contributed by atoms with Crippen molar-refractivity contribution in [3.63, 3.8) is 0 Å². The molecule has 0 radical (unpaired) electrons. The van der Waals surface area contributed by atoms with Gasteiger partial charge in [-0.1, -0.05) is 24.3 Å². The molecule has 0 heterocycles. The smallest absolute Gasteiger partial charge is 0.325 e. The van der Waals surface area contributed by atoms with E-state index in [-0.39, 0.29) is 6.61 Å². The van der Waals surface area contributed by atoms with Crippen LogP contribution in [0.4, 0.5) is 0 Å². The summed E-state index contributed by atoms with van der Waals surface area (Å²) in [4.78, 5) is 22.1. The standard InChI is InChI=1S/C14H17NO4/c1-3-6-11-7-4-5-8-12(11)19-9-13(16)15-10(2)14(17)18/h3-5,7-8,10H,1,6,9H2,2H3,(H,15,16)(H,17,18). The van der Waals surface area contributed by atoms with Crippen LogP contribution in [-0.2, 0) is 16.0 Å². The van der Waals surface area contributed by atoms with E-state index in [0.29, 0.717) is 12.2 Å². The first-order chi connectivity index (χ1) is 9.04. The summed E-state index contributed by atoms with van der Waals surface area (Å²) in [5.41, 5.74) is 0.927. The van der Waals surface area contributed by atoms with Crippen molar-refractivity contribution in [1.29, 1.82) is 0 Å². The van der Waals surface area contributed by atoms with Gasteiger partial charge in [-0.3, -0.25) is 9.59 Å². The summed E-state index contributed by atoms with van der Waals surface area (Å²) in [6.45, 7) is 4.83. The number of hydrogen-bond acceptors (Lipinski definition) is 3. The van der Waals surface area contributed by atoms with E-state index in [2.05, 4.69) is 11.9 Å². The third-order valence-corrected chi connectivity index (χ3v) is 2.44. The Bertz CT molecular complexity index is 470. The van der Waals surface area contributed by atoms with E-state index in [1.807, 2.05) is 12.1 Å². The molecule has 1 aromatic carbocycles. The minimum absolute atomic E-state index is 0.216. The first-order valence-electron chi connectivity index (χ1n) is 5.88. The molecule has 1 aromatic rings. The van der Waals surface area contributed by atoms with Gasteiger partial charge >= 0.3 is 5.97 Å². The van der Waals surface area contributed by atoms with Gasteiger partial charge in [-0.25, -0.2) is 0 Å². The number of para-hydroxylation sites is 1. The number of benzene rings is 1. The molecule has 0 bridgehead atoms. The SMILES string of the molecule is C=CCc1ccccc1OCC(=O)NC(C)C(=O)O. The minimum atomic E-state index is -1.08. The zero-order valence-electron chi connectivity index (χ0n) is 10.8. The Morgan fingerprint density at radius 3 is 2.79 bits per heavy atom. The number of allylic oxidation sites excluding steroid dienone is 1. The largest absolute Gasteiger partial charge is 0.483 e. The number of amides is 1. The summed E-state index contributed by atoms with van der Waals surface area (Å²) < 4.78 is 5.38. The summed E-state index contributed by atoms with van der Waals surface area (Å²) in [6, 6.07) is 6.39. The Kier molecular flexibility index (Phi) is 5.60. The fourth-order valence-corrected chi connectivity index (χ4v) is 1.46. The maximum Gasteiger partial charge on any atom is 0.325 e. The number of carboxylic acids is 1. The molecule has 1 atom stereocenters. The Labute approximate surface area is 111 Å². The second kappa shape index (κ2) is 7.20. The van der Waals surface area contributed by atoms with Crippen LogP contribution in [-0.4, -0.2) is 29.6 Å². The number of ether oxygens (including phenoxy) is 1. The molecule has 5 heteroatoms. The third-order valence-electron chi connectivity index (χ3n) is 2.44. The molecule has 0 fully saturated rings. The van der Waals surface area contributed by atoms with Crippen molar-refractivity contribution in [3.8, 4) is 5.75 Å². The number of carbonyl (C=O) groups is 2. The highest BCUT2D eigenvalue weighted by Crippen LogP contribution is 2.18. The molecule has 0 aromatic heterocycles. The number of nitrogens with one attached hydrogen (secondary N) is 1. The van der Waals surface area contributed by atoms with Gasteiger partial charge in [0.15, 0.2) is 6.61 Å². The summed E-state index contributed by atoms with van der Waals surface area (Å²) >= 11 is 0. The van der Waals surface area contributed by atoms with Crippen LogP contribution >= 0.6 is 0 Å². The highest BCUT2D eigenvalue weighted by Gasteiger charge is 2.14. The molecular weight excluding hydrogens is 246 g/mol. The number of rotatable bonds is 7. The van der Waals surface area contributed by atoms with Crippen molar-refractivity contribution in [3.05, 3.63) is 42.5 Å². The number of carbonyl (C=O) groups excluding carboxylic acids is 1. The molecule has 1 rings (SSSR count). The Morgan fingerprint density at radius 2 is 2.16 bits per heavy atom. The molecule has 0 aliphatic carbocycles. The molecule has 0 spiro atoms. The van der Waals surface area contributed by atoms with Crippen LogP contribution in [0.5, 0.6) is 5.75 Å². The molecule has 19 heavy (non-hydrogen) atoms. The molecule has 0 saturated carbocycles. The van der Waals surface area contributed by atoms with Crippen molar-refractivity contribution in [2.75, 3.05) is 6.61 Å². The lowest BCUT2D eigenvalue weighted by Crippen LogP contribution is -2.40. The zero-order chi connectivity index (χ0) is 14.3. The van der Waals surface area contributed by atoms with E-state index in [1.54, 1.807) is 18.2 Å². The molecule has 1 unspecified atom stereocenters. The summed E-state index contributed by atoms with van der Waals surface area (Å²) in [5.74, 6) is -0.954. The van der Waals surface area contributed by atoms with Gasteiger partial charge < -0.3 is 15.2 Å². The summed E-state index contributed by atoms with van der Waals surface area (Å²) in [5, 5.41) is 11.0. The predicted molar refractivity (Wildman–Crippen MR) is 71.1 cm³/mol. The third kappa shape index (κ3) is 4.83. The first kappa shape index (κ1) is 14.8. The van der Waals surface area contributed by atoms with Crippen LogP contribution in [0.1, 0.15) is 12.5 Å². The first-order valence-corrected chi connectivity index (χ1v) is 5.88. The van der Waals surface area contributed by atoms with Gasteiger partial charge in [-0.2, -0.15) is 0 Å². The second-order valence-electron chi connectivity index (χ2n) is 4.02. The van der Waals surface area contributed by atoms with Crippen LogP contribution in [0.2, 0.25) is 0 Å². The van der Waals surface area contributed by atoms with Crippen LogP contribution in [0.3, 0.4) is 0 Å². The normalized spacial score (nSPS) is 11.4. The van der Waals surface area contributed by atoms with Crippen molar-refractivity contribution in [1.82, 2.24) is 5.32 Å². The topological polar surface area (TPSA) is 75.6 Å². The fourth-order valence-electron chi connectivity index (χ4n) is 1.46. The molecule has 0 aliphatic heterocycles. The summed E-state index contributed by atoms with van der Waals surface area (Å²) in [6.07, 6.45) is 2.39. The van der Waals surface area contributed by atoms with E-state index in [0.717, 1.165) is 5.56 Å². The van der Waals surface area contributed by atoms with Crippen molar-refractivity contribution >= 4 is 11.9 Å². The van der Waals surface area contributed by atoms with E-state index in [9.17, 15) is 9.59 Å². The molecule has 2 N–H and O–H groups in total. The molecular formula is C14H17NO4. The average molecular weight is 263 g/mol.